The van der Waals surface area contributed by atoms with Crippen LogP contribution in [0, 0.1) is 0 Å². The van der Waals surface area contributed by atoms with Gasteiger partial charge < -0.3 is 5.32 Å². The molecule has 0 saturated heterocycles. The summed E-state index contributed by atoms with van der Waals surface area (Å²) in [6, 6.07) is 5.14. The number of anilines is 1. The maximum atomic E-state index is 11.8. The van der Waals surface area contributed by atoms with Gasteiger partial charge in [0, 0.05) is 22.6 Å². The van der Waals surface area contributed by atoms with Gasteiger partial charge in [-0.05, 0) is 34.1 Å². The first kappa shape index (κ1) is 12.0. The predicted molar refractivity (Wildman–Crippen MR) is 69.1 cm³/mol. The number of rotatable bonds is 2. The second-order valence-corrected chi connectivity index (χ2v) is 4.47. The molecule has 0 saturated carbocycles. The molecule has 0 fully saturated rings. The van der Waals surface area contributed by atoms with Crippen molar-refractivity contribution in [3.8, 4) is 0 Å². The van der Waals surface area contributed by atoms with Gasteiger partial charge in [0.1, 0.15) is 6.33 Å². The molecule has 6 heteroatoms. The van der Waals surface area contributed by atoms with E-state index in [1.807, 2.05) is 0 Å². The van der Waals surface area contributed by atoms with Crippen LogP contribution in [0.2, 0.25) is 5.02 Å². The Morgan fingerprint density at radius 2 is 2.00 bits per heavy atom. The monoisotopic (exact) mass is 311 g/mol. The van der Waals surface area contributed by atoms with Crippen LogP contribution in [0.3, 0.4) is 0 Å². The summed E-state index contributed by atoms with van der Waals surface area (Å²) in [4.78, 5) is 19.3. The van der Waals surface area contributed by atoms with Gasteiger partial charge in [-0.2, -0.15) is 0 Å². The SMILES string of the molecule is O=C(Nc1ccc(Cl)c(Br)c1)c1cncnc1. The van der Waals surface area contributed by atoms with Crippen LogP contribution in [-0.2, 0) is 0 Å². The quantitative estimate of drug-likeness (QED) is 0.927. The van der Waals surface area contributed by atoms with Crippen molar-refractivity contribution in [1.82, 2.24) is 9.97 Å². The van der Waals surface area contributed by atoms with Gasteiger partial charge >= 0.3 is 0 Å². The van der Waals surface area contributed by atoms with Gasteiger partial charge in [0.15, 0.2) is 0 Å². The summed E-state index contributed by atoms with van der Waals surface area (Å²) >= 11 is 9.14. The normalized spacial score (nSPS) is 10.0. The average molecular weight is 313 g/mol. The molecule has 17 heavy (non-hydrogen) atoms. The van der Waals surface area contributed by atoms with Gasteiger partial charge in [-0.25, -0.2) is 9.97 Å². The minimum absolute atomic E-state index is 0.264. The lowest BCUT2D eigenvalue weighted by molar-refractivity contribution is 0.102. The van der Waals surface area contributed by atoms with E-state index in [1.54, 1.807) is 18.2 Å². The van der Waals surface area contributed by atoms with Gasteiger partial charge in [-0.3, -0.25) is 4.79 Å². The van der Waals surface area contributed by atoms with Crippen LogP contribution in [0.4, 0.5) is 5.69 Å². The summed E-state index contributed by atoms with van der Waals surface area (Å²) in [5.74, 6) is -0.264. The highest BCUT2D eigenvalue weighted by Gasteiger charge is 2.07. The van der Waals surface area contributed by atoms with Crippen LogP contribution in [-0.4, -0.2) is 15.9 Å². The predicted octanol–water partition coefficient (Wildman–Crippen LogP) is 3.14. The summed E-state index contributed by atoms with van der Waals surface area (Å²) in [7, 11) is 0. The largest absolute Gasteiger partial charge is 0.322 e. The summed E-state index contributed by atoms with van der Waals surface area (Å²) in [6.45, 7) is 0. The van der Waals surface area contributed by atoms with Crippen LogP contribution in [0.15, 0.2) is 41.4 Å². The van der Waals surface area contributed by atoms with Gasteiger partial charge in [0.05, 0.1) is 10.6 Å². The van der Waals surface area contributed by atoms with Crippen molar-refractivity contribution in [1.29, 1.82) is 0 Å². The lowest BCUT2D eigenvalue weighted by atomic mass is 10.3. The Balaban J connectivity index is 2.16. The van der Waals surface area contributed by atoms with Crippen molar-refractivity contribution in [2.75, 3.05) is 5.32 Å². The third kappa shape index (κ3) is 3.01. The third-order valence-electron chi connectivity index (χ3n) is 2.00. The maximum Gasteiger partial charge on any atom is 0.258 e. The molecule has 2 rings (SSSR count). The zero-order valence-corrected chi connectivity index (χ0v) is 10.9. The molecule has 0 aliphatic heterocycles. The lowest BCUT2D eigenvalue weighted by Crippen LogP contribution is -2.12. The van der Waals surface area contributed by atoms with E-state index in [0.29, 0.717) is 16.3 Å². The van der Waals surface area contributed by atoms with E-state index in [-0.39, 0.29) is 5.91 Å². The first-order valence-corrected chi connectivity index (χ1v) is 5.85. The fourth-order valence-corrected chi connectivity index (χ4v) is 1.69. The van der Waals surface area contributed by atoms with Crippen LogP contribution < -0.4 is 5.32 Å². The Morgan fingerprint density at radius 3 is 2.65 bits per heavy atom. The molecule has 0 unspecified atom stereocenters. The van der Waals surface area contributed by atoms with Crippen LogP contribution in [0.1, 0.15) is 10.4 Å². The molecule has 1 N–H and O–H groups in total. The van der Waals surface area contributed by atoms with E-state index in [2.05, 4.69) is 31.2 Å². The summed E-state index contributed by atoms with van der Waals surface area (Å²) in [6.07, 6.45) is 4.27. The number of benzene rings is 1. The highest BCUT2D eigenvalue weighted by Crippen LogP contribution is 2.25. The summed E-state index contributed by atoms with van der Waals surface area (Å²) in [5.41, 5.74) is 1.05. The van der Waals surface area contributed by atoms with Crippen molar-refractivity contribution >= 4 is 39.1 Å². The second-order valence-electron chi connectivity index (χ2n) is 3.21. The van der Waals surface area contributed by atoms with Crippen molar-refractivity contribution in [2.45, 2.75) is 0 Å². The van der Waals surface area contributed by atoms with E-state index >= 15 is 0 Å². The fraction of sp³-hybridized carbons (Fsp3) is 0. The highest BCUT2D eigenvalue weighted by atomic mass is 79.9. The van der Waals surface area contributed by atoms with E-state index in [0.717, 1.165) is 4.47 Å². The third-order valence-corrected chi connectivity index (χ3v) is 3.21. The van der Waals surface area contributed by atoms with Gasteiger partial charge in [0.25, 0.3) is 5.91 Å². The fourth-order valence-electron chi connectivity index (χ4n) is 1.19. The Morgan fingerprint density at radius 1 is 1.29 bits per heavy atom. The average Bonchev–Trinajstić information content (AvgIpc) is 2.35. The zero-order valence-electron chi connectivity index (χ0n) is 8.52. The molecule has 2 aromatic rings. The minimum Gasteiger partial charge on any atom is -0.322 e. The van der Waals surface area contributed by atoms with Crippen LogP contribution in [0.5, 0.6) is 0 Å². The first-order valence-electron chi connectivity index (χ1n) is 4.68. The highest BCUT2D eigenvalue weighted by molar-refractivity contribution is 9.10. The molecular formula is C11H7BrClN3O. The summed E-state index contributed by atoms with van der Waals surface area (Å²) < 4.78 is 0.723. The molecule has 0 spiro atoms. The smallest absolute Gasteiger partial charge is 0.258 e. The molecule has 0 bridgehead atoms. The van der Waals surface area contributed by atoms with E-state index in [4.69, 9.17) is 11.6 Å². The zero-order chi connectivity index (χ0) is 12.3. The Bertz CT molecular complexity index is 548. The molecule has 0 aliphatic rings. The molecule has 0 radical (unpaired) electrons. The van der Waals surface area contributed by atoms with Gasteiger partial charge in [-0.1, -0.05) is 11.6 Å². The van der Waals surface area contributed by atoms with Crippen molar-refractivity contribution in [2.24, 2.45) is 0 Å². The standard InChI is InChI=1S/C11H7BrClN3O/c12-9-3-8(1-2-10(9)13)16-11(17)7-4-14-6-15-5-7/h1-6H,(H,16,17). The number of nitrogens with zero attached hydrogens (tertiary/aromatic N) is 2. The molecule has 1 aromatic heterocycles. The van der Waals surface area contributed by atoms with Crippen molar-refractivity contribution in [3.05, 3.63) is 52.0 Å². The van der Waals surface area contributed by atoms with E-state index < -0.39 is 0 Å². The number of nitrogens with one attached hydrogen (secondary N) is 1. The number of aromatic nitrogens is 2. The Hall–Kier alpha value is -1.46. The molecule has 1 amide bonds. The van der Waals surface area contributed by atoms with Gasteiger partial charge in [-0.15, -0.1) is 0 Å². The van der Waals surface area contributed by atoms with Crippen molar-refractivity contribution in [3.63, 3.8) is 0 Å². The van der Waals surface area contributed by atoms with E-state index in [1.165, 1.54) is 18.7 Å². The Labute approximate surface area is 111 Å². The molecule has 1 aromatic carbocycles. The second kappa shape index (κ2) is 5.25. The number of halogens is 2. The number of carbonyl (C=O) groups excluding carboxylic acids is 1. The number of amides is 1. The molecule has 0 aliphatic carbocycles. The van der Waals surface area contributed by atoms with Crippen LogP contribution in [0.25, 0.3) is 0 Å². The minimum atomic E-state index is -0.264. The Kier molecular flexibility index (Phi) is 3.71. The van der Waals surface area contributed by atoms with E-state index in [9.17, 15) is 4.79 Å². The molecule has 0 atom stereocenters. The molecule has 86 valence electrons. The van der Waals surface area contributed by atoms with Crippen molar-refractivity contribution < 1.29 is 4.79 Å². The number of hydrogen-bond donors (Lipinski definition) is 1. The maximum absolute atomic E-state index is 11.8. The lowest BCUT2D eigenvalue weighted by Gasteiger charge is -2.05. The van der Waals surface area contributed by atoms with Gasteiger partial charge in [0.2, 0.25) is 0 Å². The topological polar surface area (TPSA) is 54.9 Å². The molecule has 4 nitrogen and oxygen atoms in total. The number of carbonyl (C=O) groups is 1. The number of hydrogen-bond acceptors (Lipinski definition) is 3. The first-order chi connectivity index (χ1) is 8.16. The summed E-state index contributed by atoms with van der Waals surface area (Å²) in [5, 5.41) is 3.31. The molecular weight excluding hydrogens is 305 g/mol. The molecule has 1 heterocycles. The van der Waals surface area contributed by atoms with Crippen LogP contribution >= 0.6 is 27.5 Å².